The fourth-order valence-corrected chi connectivity index (χ4v) is 2.52. The summed E-state index contributed by atoms with van der Waals surface area (Å²) in [6.07, 6.45) is 1.69. The molecule has 0 aliphatic carbocycles. The van der Waals surface area contributed by atoms with E-state index >= 15 is 0 Å². The van der Waals surface area contributed by atoms with Gasteiger partial charge in [-0.2, -0.15) is 0 Å². The molecular formula is C12H16N2O4S. The quantitative estimate of drug-likeness (QED) is 0.556. The van der Waals surface area contributed by atoms with Crippen LogP contribution in [0.1, 0.15) is 24.2 Å². The molecule has 0 bridgehead atoms. The van der Waals surface area contributed by atoms with E-state index in [-0.39, 0.29) is 22.7 Å². The molecule has 0 aliphatic heterocycles. The van der Waals surface area contributed by atoms with Gasteiger partial charge in [-0.15, -0.1) is 0 Å². The number of nitrogens with two attached hydrogens (primary N) is 1. The maximum Gasteiger partial charge on any atom is 0.337 e. The SMILES string of the molecule is CC(C)=CCNS(=O)(=O)c1ccc(N)cc1C(=O)O. The summed E-state index contributed by atoms with van der Waals surface area (Å²) in [7, 11) is -3.88. The average molecular weight is 284 g/mol. The Hall–Kier alpha value is -1.86. The number of benzene rings is 1. The van der Waals surface area contributed by atoms with Crippen molar-refractivity contribution in [2.75, 3.05) is 12.3 Å². The number of carboxylic acids is 1. The molecule has 104 valence electrons. The Balaban J connectivity index is 3.14. The van der Waals surface area contributed by atoms with Gasteiger partial charge in [-0.25, -0.2) is 17.9 Å². The molecule has 1 aromatic carbocycles. The van der Waals surface area contributed by atoms with E-state index in [2.05, 4.69) is 4.72 Å². The van der Waals surface area contributed by atoms with Crippen LogP contribution in [-0.2, 0) is 10.0 Å². The highest BCUT2D eigenvalue weighted by Gasteiger charge is 2.21. The second-order valence-electron chi connectivity index (χ2n) is 4.19. The van der Waals surface area contributed by atoms with Gasteiger partial charge < -0.3 is 10.8 Å². The summed E-state index contributed by atoms with van der Waals surface area (Å²) >= 11 is 0. The molecule has 1 aromatic rings. The summed E-state index contributed by atoms with van der Waals surface area (Å²) in [6.45, 7) is 3.77. The van der Waals surface area contributed by atoms with Crippen LogP contribution in [0, 0.1) is 0 Å². The topological polar surface area (TPSA) is 109 Å². The lowest BCUT2D eigenvalue weighted by atomic mass is 10.2. The number of carbonyl (C=O) groups is 1. The minimum atomic E-state index is -3.88. The number of hydrogen-bond donors (Lipinski definition) is 3. The van der Waals surface area contributed by atoms with Crippen LogP contribution in [0.25, 0.3) is 0 Å². The maximum absolute atomic E-state index is 12.0. The van der Waals surface area contributed by atoms with Gasteiger partial charge in [0.05, 0.1) is 10.5 Å². The van der Waals surface area contributed by atoms with Crippen LogP contribution >= 0.6 is 0 Å². The van der Waals surface area contributed by atoms with Gasteiger partial charge in [-0.1, -0.05) is 11.6 Å². The van der Waals surface area contributed by atoms with E-state index in [1.165, 1.54) is 12.1 Å². The molecule has 0 amide bonds. The molecule has 7 heteroatoms. The first kappa shape index (κ1) is 15.2. The molecule has 0 spiro atoms. The molecule has 0 radical (unpaired) electrons. The summed E-state index contributed by atoms with van der Waals surface area (Å²) in [5.74, 6) is -1.34. The Morgan fingerprint density at radius 2 is 2.05 bits per heavy atom. The van der Waals surface area contributed by atoms with Gasteiger partial charge in [-0.3, -0.25) is 0 Å². The van der Waals surface area contributed by atoms with Crippen molar-refractivity contribution in [3.8, 4) is 0 Å². The van der Waals surface area contributed by atoms with Crippen LogP contribution in [-0.4, -0.2) is 26.0 Å². The van der Waals surface area contributed by atoms with Gasteiger partial charge >= 0.3 is 5.97 Å². The minimum absolute atomic E-state index is 0.105. The third-order valence-corrected chi connectivity index (χ3v) is 3.79. The van der Waals surface area contributed by atoms with E-state index in [1.807, 2.05) is 13.8 Å². The fraction of sp³-hybridized carbons (Fsp3) is 0.250. The number of nitrogens with one attached hydrogen (secondary N) is 1. The van der Waals surface area contributed by atoms with Crippen molar-refractivity contribution in [3.05, 3.63) is 35.4 Å². The number of aromatic carboxylic acids is 1. The van der Waals surface area contributed by atoms with Crippen molar-refractivity contribution >= 4 is 21.7 Å². The number of allylic oxidation sites excluding steroid dienone is 1. The summed E-state index contributed by atoms with van der Waals surface area (Å²) in [6, 6.07) is 3.66. The average Bonchev–Trinajstić information content (AvgIpc) is 2.27. The van der Waals surface area contributed by atoms with Crippen LogP contribution in [0.5, 0.6) is 0 Å². The van der Waals surface area contributed by atoms with Crippen LogP contribution in [0.15, 0.2) is 34.7 Å². The molecule has 0 heterocycles. The van der Waals surface area contributed by atoms with E-state index in [1.54, 1.807) is 6.08 Å². The summed E-state index contributed by atoms with van der Waals surface area (Å²) in [5.41, 5.74) is 6.27. The first-order valence-electron chi connectivity index (χ1n) is 5.50. The van der Waals surface area contributed by atoms with E-state index < -0.39 is 16.0 Å². The predicted octanol–water partition coefficient (Wildman–Crippen LogP) is 1.21. The molecule has 1 rings (SSSR count). The first-order chi connectivity index (χ1) is 8.74. The number of anilines is 1. The molecular weight excluding hydrogens is 268 g/mol. The zero-order valence-corrected chi connectivity index (χ0v) is 11.5. The monoisotopic (exact) mass is 284 g/mol. The van der Waals surface area contributed by atoms with Crippen LogP contribution in [0.2, 0.25) is 0 Å². The Bertz CT molecular complexity index is 617. The normalized spacial score (nSPS) is 11.1. The van der Waals surface area contributed by atoms with E-state index in [9.17, 15) is 13.2 Å². The number of rotatable bonds is 5. The Labute approximate surface area is 112 Å². The summed E-state index contributed by atoms with van der Waals surface area (Å²) < 4.78 is 26.3. The second-order valence-corrected chi connectivity index (χ2v) is 5.93. The molecule has 6 nitrogen and oxygen atoms in total. The van der Waals surface area contributed by atoms with Crippen molar-refractivity contribution in [2.24, 2.45) is 0 Å². The molecule has 0 saturated carbocycles. The highest BCUT2D eigenvalue weighted by molar-refractivity contribution is 7.89. The second kappa shape index (κ2) is 5.85. The Morgan fingerprint density at radius 1 is 1.42 bits per heavy atom. The molecule has 4 N–H and O–H groups in total. The third kappa shape index (κ3) is 4.08. The van der Waals surface area contributed by atoms with Crippen LogP contribution < -0.4 is 10.5 Å². The number of carboxylic acid groups (broad SMARTS) is 1. The lowest BCUT2D eigenvalue weighted by Gasteiger charge is -2.09. The standard InChI is InChI=1S/C12H16N2O4S/c1-8(2)5-6-14-19(17,18)11-4-3-9(13)7-10(11)12(15)16/h3-5,7,14H,6,13H2,1-2H3,(H,15,16). The Morgan fingerprint density at radius 3 is 2.58 bits per heavy atom. The highest BCUT2D eigenvalue weighted by Crippen LogP contribution is 2.18. The molecule has 19 heavy (non-hydrogen) atoms. The van der Waals surface area contributed by atoms with E-state index in [4.69, 9.17) is 10.8 Å². The van der Waals surface area contributed by atoms with Crippen molar-refractivity contribution < 1.29 is 18.3 Å². The first-order valence-corrected chi connectivity index (χ1v) is 6.98. The number of nitrogen functional groups attached to an aromatic ring is 1. The van der Waals surface area contributed by atoms with Gasteiger partial charge in [-0.05, 0) is 32.0 Å². The van der Waals surface area contributed by atoms with Crippen LogP contribution in [0.4, 0.5) is 5.69 Å². The largest absolute Gasteiger partial charge is 0.478 e. The molecule has 0 aromatic heterocycles. The molecule has 0 saturated heterocycles. The summed E-state index contributed by atoms with van der Waals surface area (Å²) in [4.78, 5) is 10.7. The smallest absolute Gasteiger partial charge is 0.337 e. The predicted molar refractivity (Wildman–Crippen MR) is 72.4 cm³/mol. The van der Waals surface area contributed by atoms with E-state index in [0.29, 0.717) is 0 Å². The van der Waals surface area contributed by atoms with Gasteiger partial charge in [0.25, 0.3) is 0 Å². The van der Waals surface area contributed by atoms with Crippen molar-refractivity contribution in [3.63, 3.8) is 0 Å². The van der Waals surface area contributed by atoms with E-state index in [0.717, 1.165) is 11.6 Å². The minimum Gasteiger partial charge on any atom is -0.478 e. The van der Waals surface area contributed by atoms with Crippen molar-refractivity contribution in [1.29, 1.82) is 0 Å². The Kier molecular flexibility index (Phi) is 4.68. The van der Waals surface area contributed by atoms with Gasteiger partial charge in [0, 0.05) is 12.2 Å². The molecule has 0 aliphatic rings. The highest BCUT2D eigenvalue weighted by atomic mass is 32.2. The zero-order chi connectivity index (χ0) is 14.6. The number of hydrogen-bond acceptors (Lipinski definition) is 4. The van der Waals surface area contributed by atoms with Gasteiger partial charge in [0.15, 0.2) is 0 Å². The summed E-state index contributed by atoms with van der Waals surface area (Å²) in [5, 5.41) is 9.01. The molecule has 0 atom stereocenters. The van der Waals surface area contributed by atoms with Gasteiger partial charge in [0.2, 0.25) is 10.0 Å². The lowest BCUT2D eigenvalue weighted by Crippen LogP contribution is -2.26. The van der Waals surface area contributed by atoms with Crippen LogP contribution in [0.3, 0.4) is 0 Å². The van der Waals surface area contributed by atoms with Crippen molar-refractivity contribution in [1.82, 2.24) is 4.72 Å². The fourth-order valence-electron chi connectivity index (χ4n) is 1.38. The maximum atomic E-state index is 12.0. The number of sulfonamides is 1. The van der Waals surface area contributed by atoms with Crippen molar-refractivity contribution in [2.45, 2.75) is 18.7 Å². The third-order valence-electron chi connectivity index (χ3n) is 2.31. The molecule has 0 unspecified atom stereocenters. The zero-order valence-electron chi connectivity index (χ0n) is 10.7. The lowest BCUT2D eigenvalue weighted by molar-refractivity contribution is 0.0692. The molecule has 0 fully saturated rings. The van der Waals surface area contributed by atoms with Gasteiger partial charge in [0.1, 0.15) is 0 Å².